The van der Waals surface area contributed by atoms with E-state index in [9.17, 15) is 13.2 Å². The van der Waals surface area contributed by atoms with E-state index < -0.39 is 9.84 Å². The SMILES string of the molecule is COc1ccc(CCNC(=O)c2nn([C@@H]3CCS(=O)(=O)C3)c3c2CCCC3)cc1OC. The molecule has 2 heterocycles. The summed E-state index contributed by atoms with van der Waals surface area (Å²) in [5, 5.41) is 7.60. The smallest absolute Gasteiger partial charge is 0.272 e. The van der Waals surface area contributed by atoms with Crippen molar-refractivity contribution in [3.8, 4) is 11.5 Å². The van der Waals surface area contributed by atoms with Crippen LogP contribution in [0, 0.1) is 0 Å². The van der Waals surface area contributed by atoms with E-state index in [4.69, 9.17) is 9.47 Å². The zero-order valence-corrected chi connectivity index (χ0v) is 18.8. The van der Waals surface area contributed by atoms with Crippen molar-refractivity contribution < 1.29 is 22.7 Å². The first-order chi connectivity index (χ1) is 14.9. The molecule has 168 valence electrons. The minimum absolute atomic E-state index is 0.113. The highest BCUT2D eigenvalue weighted by molar-refractivity contribution is 7.91. The minimum atomic E-state index is -3.02. The van der Waals surface area contributed by atoms with Gasteiger partial charge in [-0.3, -0.25) is 9.48 Å². The van der Waals surface area contributed by atoms with E-state index in [1.165, 1.54) is 0 Å². The van der Waals surface area contributed by atoms with Gasteiger partial charge in [-0.15, -0.1) is 0 Å². The third-order valence-corrected chi connectivity index (χ3v) is 7.88. The molecule has 1 aromatic carbocycles. The highest BCUT2D eigenvalue weighted by atomic mass is 32.2. The standard InChI is InChI=1S/C22H29N3O5S/c1-29-19-8-7-15(13-20(19)30-2)9-11-23-22(26)21-17-5-3-4-6-18(17)25(24-21)16-10-12-31(27,28)14-16/h7-8,13,16H,3-6,9-12,14H2,1-2H3,(H,23,26)/t16-/m1/s1. The molecule has 0 saturated carbocycles. The Balaban J connectivity index is 1.46. The van der Waals surface area contributed by atoms with Gasteiger partial charge in [0.1, 0.15) is 0 Å². The Morgan fingerprint density at radius 3 is 2.68 bits per heavy atom. The van der Waals surface area contributed by atoms with Crippen molar-refractivity contribution in [2.45, 2.75) is 44.6 Å². The maximum absolute atomic E-state index is 12.9. The molecule has 9 heteroatoms. The summed E-state index contributed by atoms with van der Waals surface area (Å²) in [5.74, 6) is 1.44. The monoisotopic (exact) mass is 447 g/mol. The van der Waals surface area contributed by atoms with E-state index in [1.807, 2.05) is 22.9 Å². The fourth-order valence-electron chi connectivity index (χ4n) is 4.52. The Labute approximate surface area is 182 Å². The van der Waals surface area contributed by atoms with Crippen molar-refractivity contribution in [3.05, 3.63) is 40.7 Å². The van der Waals surface area contributed by atoms with Gasteiger partial charge in [0.05, 0.1) is 31.8 Å². The normalized spacial score (nSPS) is 19.6. The molecule has 4 rings (SSSR count). The Bertz CT molecular complexity index is 1080. The van der Waals surface area contributed by atoms with Crippen molar-refractivity contribution in [1.82, 2.24) is 15.1 Å². The molecular weight excluding hydrogens is 418 g/mol. The summed E-state index contributed by atoms with van der Waals surface area (Å²) in [7, 11) is 0.174. The Morgan fingerprint density at radius 1 is 1.19 bits per heavy atom. The number of carbonyl (C=O) groups is 1. The molecule has 1 atom stereocenters. The van der Waals surface area contributed by atoms with Gasteiger partial charge in [0, 0.05) is 17.8 Å². The maximum atomic E-state index is 12.9. The van der Waals surface area contributed by atoms with Gasteiger partial charge in [0.25, 0.3) is 5.91 Å². The molecule has 1 saturated heterocycles. The summed E-state index contributed by atoms with van der Waals surface area (Å²) in [6, 6.07) is 5.54. The van der Waals surface area contributed by atoms with E-state index in [2.05, 4.69) is 10.4 Å². The summed E-state index contributed by atoms with van der Waals surface area (Å²) in [5.41, 5.74) is 3.51. The molecule has 31 heavy (non-hydrogen) atoms. The second-order valence-corrected chi connectivity index (χ2v) is 10.4. The molecule has 1 aliphatic heterocycles. The number of hydrogen-bond donors (Lipinski definition) is 1. The first-order valence-electron chi connectivity index (χ1n) is 10.7. The predicted octanol–water partition coefficient (Wildman–Crippen LogP) is 2.11. The molecule has 1 aliphatic carbocycles. The second kappa shape index (κ2) is 8.90. The molecule has 8 nitrogen and oxygen atoms in total. The van der Waals surface area contributed by atoms with Gasteiger partial charge in [0.2, 0.25) is 0 Å². The summed E-state index contributed by atoms with van der Waals surface area (Å²) in [6.45, 7) is 0.466. The third kappa shape index (κ3) is 4.56. The van der Waals surface area contributed by atoms with Crippen LogP contribution in [0.1, 0.15) is 52.6 Å². The molecule has 0 unspecified atom stereocenters. The van der Waals surface area contributed by atoms with Gasteiger partial charge in [-0.05, 0) is 56.2 Å². The quantitative estimate of drug-likeness (QED) is 0.698. The van der Waals surface area contributed by atoms with Gasteiger partial charge in [-0.25, -0.2) is 8.42 Å². The zero-order valence-electron chi connectivity index (χ0n) is 18.0. The van der Waals surface area contributed by atoms with Gasteiger partial charge >= 0.3 is 0 Å². The van der Waals surface area contributed by atoms with E-state index >= 15 is 0 Å². The molecule has 0 spiro atoms. The van der Waals surface area contributed by atoms with Crippen molar-refractivity contribution in [3.63, 3.8) is 0 Å². The molecule has 2 aromatic rings. The van der Waals surface area contributed by atoms with Gasteiger partial charge in [0.15, 0.2) is 27.0 Å². The summed E-state index contributed by atoms with van der Waals surface area (Å²) in [4.78, 5) is 12.9. The van der Waals surface area contributed by atoms with E-state index in [0.29, 0.717) is 36.6 Å². The molecule has 1 N–H and O–H groups in total. The molecule has 0 bridgehead atoms. The van der Waals surface area contributed by atoms with Crippen LogP contribution in [0.3, 0.4) is 0 Å². The lowest BCUT2D eigenvalue weighted by atomic mass is 9.95. The summed E-state index contributed by atoms with van der Waals surface area (Å²) >= 11 is 0. The van der Waals surface area contributed by atoms with Crippen LogP contribution in [0.4, 0.5) is 0 Å². The van der Waals surface area contributed by atoms with Crippen molar-refractivity contribution >= 4 is 15.7 Å². The topological polar surface area (TPSA) is 99.5 Å². The first-order valence-corrected chi connectivity index (χ1v) is 12.5. The van der Waals surface area contributed by atoms with Crippen LogP contribution < -0.4 is 14.8 Å². The van der Waals surface area contributed by atoms with Crippen LogP contribution in [0.5, 0.6) is 11.5 Å². The number of methoxy groups -OCH3 is 2. The fraction of sp³-hybridized carbons (Fsp3) is 0.545. The Hall–Kier alpha value is -2.55. The number of benzene rings is 1. The molecule has 1 fully saturated rings. The largest absolute Gasteiger partial charge is 0.493 e. The lowest BCUT2D eigenvalue weighted by molar-refractivity contribution is 0.0947. The number of hydrogen-bond acceptors (Lipinski definition) is 6. The third-order valence-electron chi connectivity index (χ3n) is 6.13. The number of nitrogens with one attached hydrogen (secondary N) is 1. The summed E-state index contributed by atoms with van der Waals surface area (Å²) in [6.07, 6.45) is 4.93. The Kier molecular flexibility index (Phi) is 6.22. The van der Waals surface area contributed by atoms with Gasteiger partial charge in [-0.1, -0.05) is 6.07 Å². The first kappa shape index (κ1) is 21.7. The lowest BCUT2D eigenvalue weighted by Crippen LogP contribution is -2.27. The number of aromatic nitrogens is 2. The number of ether oxygens (including phenoxy) is 2. The number of nitrogens with zero attached hydrogens (tertiary/aromatic N) is 2. The van der Waals surface area contributed by atoms with Crippen LogP contribution >= 0.6 is 0 Å². The number of rotatable bonds is 7. The van der Waals surface area contributed by atoms with Crippen LogP contribution in [0.2, 0.25) is 0 Å². The molecular formula is C22H29N3O5S. The highest BCUT2D eigenvalue weighted by Crippen LogP contribution is 2.31. The zero-order chi connectivity index (χ0) is 22.0. The van der Waals surface area contributed by atoms with Crippen molar-refractivity contribution in [1.29, 1.82) is 0 Å². The molecule has 2 aliphatic rings. The maximum Gasteiger partial charge on any atom is 0.272 e. The van der Waals surface area contributed by atoms with E-state index in [-0.39, 0.29) is 23.5 Å². The molecule has 1 amide bonds. The summed E-state index contributed by atoms with van der Waals surface area (Å²) < 4.78 is 36.3. The van der Waals surface area contributed by atoms with E-state index in [1.54, 1.807) is 14.2 Å². The second-order valence-electron chi connectivity index (χ2n) is 8.18. The fourth-order valence-corrected chi connectivity index (χ4v) is 6.21. The average Bonchev–Trinajstić information content (AvgIpc) is 3.33. The van der Waals surface area contributed by atoms with Gasteiger partial charge < -0.3 is 14.8 Å². The van der Waals surface area contributed by atoms with Crippen molar-refractivity contribution in [2.24, 2.45) is 0 Å². The lowest BCUT2D eigenvalue weighted by Gasteiger charge is -2.17. The molecule has 0 radical (unpaired) electrons. The average molecular weight is 448 g/mol. The highest BCUT2D eigenvalue weighted by Gasteiger charge is 2.34. The van der Waals surface area contributed by atoms with Gasteiger partial charge in [-0.2, -0.15) is 5.10 Å². The minimum Gasteiger partial charge on any atom is -0.493 e. The van der Waals surface area contributed by atoms with Crippen molar-refractivity contribution in [2.75, 3.05) is 32.3 Å². The van der Waals surface area contributed by atoms with Crippen LogP contribution in [-0.4, -0.2) is 56.4 Å². The predicted molar refractivity (Wildman–Crippen MR) is 117 cm³/mol. The number of fused-ring (bicyclic) bond motifs is 1. The number of carbonyl (C=O) groups excluding carboxylic acids is 1. The van der Waals surface area contributed by atoms with Crippen LogP contribution in [0.25, 0.3) is 0 Å². The van der Waals surface area contributed by atoms with Crippen LogP contribution in [-0.2, 0) is 29.1 Å². The Morgan fingerprint density at radius 2 is 1.97 bits per heavy atom. The van der Waals surface area contributed by atoms with E-state index in [0.717, 1.165) is 42.5 Å². The number of sulfone groups is 1. The molecule has 1 aromatic heterocycles. The van der Waals surface area contributed by atoms with Crippen LogP contribution in [0.15, 0.2) is 18.2 Å². The number of amides is 1.